The van der Waals surface area contributed by atoms with Crippen LogP contribution in [0.3, 0.4) is 0 Å². The SMILES string of the molecule is CCC1C(=O)NCC(=O)N1c1cccc(Cl)c1Br. The molecule has 2 amide bonds. The number of amides is 2. The van der Waals surface area contributed by atoms with Crippen molar-refractivity contribution in [2.75, 3.05) is 11.4 Å². The van der Waals surface area contributed by atoms with Crippen LogP contribution in [0.15, 0.2) is 22.7 Å². The number of halogens is 2. The van der Waals surface area contributed by atoms with Crippen LogP contribution in [0.25, 0.3) is 0 Å². The van der Waals surface area contributed by atoms with E-state index >= 15 is 0 Å². The largest absolute Gasteiger partial charge is 0.345 e. The molecule has 0 saturated carbocycles. The van der Waals surface area contributed by atoms with Gasteiger partial charge in [-0.1, -0.05) is 24.6 Å². The number of hydrogen-bond donors (Lipinski definition) is 1. The third-order valence-electron chi connectivity index (χ3n) is 2.87. The summed E-state index contributed by atoms with van der Waals surface area (Å²) in [4.78, 5) is 25.3. The molecule has 1 aromatic carbocycles. The first-order chi connectivity index (χ1) is 8.56. The average molecular weight is 332 g/mol. The summed E-state index contributed by atoms with van der Waals surface area (Å²) >= 11 is 9.38. The topological polar surface area (TPSA) is 49.4 Å². The minimum absolute atomic E-state index is 0.0221. The maximum absolute atomic E-state index is 12.0. The number of hydrogen-bond acceptors (Lipinski definition) is 2. The highest BCUT2D eigenvalue weighted by Gasteiger charge is 2.35. The van der Waals surface area contributed by atoms with Crippen molar-refractivity contribution in [3.63, 3.8) is 0 Å². The van der Waals surface area contributed by atoms with E-state index in [1.807, 2.05) is 6.92 Å². The van der Waals surface area contributed by atoms with Crippen molar-refractivity contribution in [1.29, 1.82) is 0 Å². The van der Waals surface area contributed by atoms with Gasteiger partial charge < -0.3 is 5.32 Å². The van der Waals surface area contributed by atoms with Crippen LogP contribution < -0.4 is 10.2 Å². The van der Waals surface area contributed by atoms with Crippen molar-refractivity contribution < 1.29 is 9.59 Å². The van der Waals surface area contributed by atoms with Gasteiger partial charge in [0.05, 0.1) is 21.7 Å². The van der Waals surface area contributed by atoms with Crippen LogP contribution in [0.5, 0.6) is 0 Å². The van der Waals surface area contributed by atoms with Gasteiger partial charge in [0.15, 0.2) is 0 Å². The van der Waals surface area contributed by atoms with Crippen LogP contribution in [0.1, 0.15) is 13.3 Å². The number of anilines is 1. The Morgan fingerprint density at radius 1 is 1.50 bits per heavy atom. The molecule has 0 aromatic heterocycles. The number of piperazine rings is 1. The van der Waals surface area contributed by atoms with Gasteiger partial charge in [0.1, 0.15) is 6.04 Å². The molecule has 2 rings (SSSR count). The lowest BCUT2D eigenvalue weighted by Gasteiger charge is -2.35. The zero-order valence-electron chi connectivity index (χ0n) is 9.74. The zero-order valence-corrected chi connectivity index (χ0v) is 12.1. The number of benzene rings is 1. The summed E-state index contributed by atoms with van der Waals surface area (Å²) < 4.78 is 0.633. The van der Waals surface area contributed by atoms with Gasteiger partial charge >= 0.3 is 0 Å². The van der Waals surface area contributed by atoms with Gasteiger partial charge in [0.25, 0.3) is 0 Å². The van der Waals surface area contributed by atoms with E-state index < -0.39 is 6.04 Å². The van der Waals surface area contributed by atoms with E-state index in [4.69, 9.17) is 11.6 Å². The van der Waals surface area contributed by atoms with Gasteiger partial charge in [0.2, 0.25) is 11.8 Å². The van der Waals surface area contributed by atoms with E-state index in [2.05, 4.69) is 21.2 Å². The fraction of sp³-hybridized carbons (Fsp3) is 0.333. The lowest BCUT2D eigenvalue weighted by atomic mass is 10.1. The van der Waals surface area contributed by atoms with Crippen molar-refractivity contribution in [1.82, 2.24) is 5.32 Å². The van der Waals surface area contributed by atoms with E-state index in [0.29, 0.717) is 21.6 Å². The quantitative estimate of drug-likeness (QED) is 0.904. The molecule has 1 saturated heterocycles. The summed E-state index contributed by atoms with van der Waals surface area (Å²) in [5.41, 5.74) is 0.634. The highest BCUT2D eigenvalue weighted by Crippen LogP contribution is 2.34. The van der Waals surface area contributed by atoms with Crippen molar-refractivity contribution >= 4 is 45.0 Å². The van der Waals surface area contributed by atoms with E-state index in [1.54, 1.807) is 18.2 Å². The highest BCUT2D eigenvalue weighted by atomic mass is 79.9. The van der Waals surface area contributed by atoms with E-state index in [-0.39, 0.29) is 18.4 Å². The van der Waals surface area contributed by atoms with Gasteiger partial charge in [-0.2, -0.15) is 0 Å². The number of rotatable bonds is 2. The smallest absolute Gasteiger partial charge is 0.247 e. The molecule has 1 aliphatic heterocycles. The Balaban J connectivity index is 2.48. The standard InChI is InChI=1S/C12H12BrClN2O2/c1-2-8-12(18)15-6-10(17)16(8)9-5-3-4-7(14)11(9)13/h3-5,8H,2,6H2,1H3,(H,15,18). The zero-order chi connectivity index (χ0) is 13.3. The van der Waals surface area contributed by atoms with Crippen LogP contribution in [-0.4, -0.2) is 24.4 Å². The second kappa shape index (κ2) is 5.28. The second-order valence-corrected chi connectivity index (χ2v) is 5.18. The van der Waals surface area contributed by atoms with E-state index in [9.17, 15) is 9.59 Å². The molecule has 1 aliphatic rings. The summed E-state index contributed by atoms with van der Waals surface area (Å²) in [5.74, 6) is -0.270. The fourth-order valence-electron chi connectivity index (χ4n) is 2.01. The fourth-order valence-corrected chi connectivity index (χ4v) is 2.63. The van der Waals surface area contributed by atoms with Gasteiger partial charge in [-0.05, 0) is 34.5 Å². The second-order valence-electron chi connectivity index (χ2n) is 3.98. The van der Waals surface area contributed by atoms with Crippen LogP contribution in [0.4, 0.5) is 5.69 Å². The summed E-state index contributed by atoms with van der Waals surface area (Å²) in [6, 6.07) is 4.77. The van der Waals surface area contributed by atoms with Crippen LogP contribution >= 0.6 is 27.5 Å². The molecular weight excluding hydrogens is 320 g/mol. The maximum Gasteiger partial charge on any atom is 0.247 e. The van der Waals surface area contributed by atoms with Gasteiger partial charge in [-0.25, -0.2) is 0 Å². The summed E-state index contributed by atoms with van der Waals surface area (Å²) in [5, 5.41) is 3.10. The predicted molar refractivity (Wildman–Crippen MR) is 73.7 cm³/mol. The monoisotopic (exact) mass is 330 g/mol. The predicted octanol–water partition coefficient (Wildman–Crippen LogP) is 2.34. The molecule has 4 nitrogen and oxygen atoms in total. The molecular formula is C12H12BrClN2O2. The average Bonchev–Trinajstić information content (AvgIpc) is 2.36. The minimum Gasteiger partial charge on any atom is -0.345 e. The lowest BCUT2D eigenvalue weighted by molar-refractivity contribution is -0.131. The Hall–Kier alpha value is -1.07. The van der Waals surface area contributed by atoms with Crippen LogP contribution in [-0.2, 0) is 9.59 Å². The summed E-state index contributed by atoms with van der Waals surface area (Å²) in [6.45, 7) is 1.89. The normalized spacial score (nSPS) is 19.9. The van der Waals surface area contributed by atoms with Gasteiger partial charge in [-0.3, -0.25) is 14.5 Å². The van der Waals surface area contributed by atoms with E-state index in [1.165, 1.54) is 4.90 Å². The first-order valence-corrected chi connectivity index (χ1v) is 6.77. The van der Waals surface area contributed by atoms with Crippen molar-refractivity contribution in [3.05, 3.63) is 27.7 Å². The highest BCUT2D eigenvalue weighted by molar-refractivity contribution is 9.10. The summed E-state index contributed by atoms with van der Waals surface area (Å²) in [6.07, 6.45) is 0.552. The van der Waals surface area contributed by atoms with Crippen molar-refractivity contribution in [3.8, 4) is 0 Å². The van der Waals surface area contributed by atoms with Crippen LogP contribution in [0.2, 0.25) is 5.02 Å². The Morgan fingerprint density at radius 3 is 2.89 bits per heavy atom. The molecule has 1 unspecified atom stereocenters. The van der Waals surface area contributed by atoms with Gasteiger partial charge in [-0.15, -0.1) is 0 Å². The number of carbonyl (C=O) groups excluding carboxylic acids is 2. The lowest BCUT2D eigenvalue weighted by Crippen LogP contribution is -2.58. The number of nitrogens with zero attached hydrogens (tertiary/aromatic N) is 1. The molecule has 0 aliphatic carbocycles. The Kier molecular flexibility index (Phi) is 3.92. The summed E-state index contributed by atoms with van der Waals surface area (Å²) in [7, 11) is 0. The molecule has 96 valence electrons. The Labute approximate surface area is 118 Å². The number of carbonyl (C=O) groups is 2. The Morgan fingerprint density at radius 2 is 2.22 bits per heavy atom. The first-order valence-electron chi connectivity index (χ1n) is 5.60. The maximum atomic E-state index is 12.0. The molecule has 18 heavy (non-hydrogen) atoms. The Bertz CT molecular complexity index is 507. The molecule has 1 fully saturated rings. The number of nitrogens with one attached hydrogen (secondary N) is 1. The van der Waals surface area contributed by atoms with Gasteiger partial charge in [0, 0.05) is 0 Å². The molecule has 0 radical (unpaired) electrons. The molecule has 0 bridgehead atoms. The van der Waals surface area contributed by atoms with Crippen molar-refractivity contribution in [2.24, 2.45) is 0 Å². The molecule has 6 heteroatoms. The van der Waals surface area contributed by atoms with Crippen LogP contribution in [0, 0.1) is 0 Å². The third kappa shape index (κ3) is 2.24. The molecule has 0 spiro atoms. The minimum atomic E-state index is -0.485. The third-order valence-corrected chi connectivity index (χ3v) is 4.25. The first kappa shape index (κ1) is 13.4. The molecule has 1 heterocycles. The molecule has 1 N–H and O–H groups in total. The molecule has 1 aromatic rings. The van der Waals surface area contributed by atoms with E-state index in [0.717, 1.165) is 0 Å². The van der Waals surface area contributed by atoms with Crippen molar-refractivity contribution in [2.45, 2.75) is 19.4 Å². The molecule has 1 atom stereocenters.